The Balaban J connectivity index is 1.80. The maximum absolute atomic E-state index is 13.1. The highest BCUT2D eigenvalue weighted by Crippen LogP contribution is 2.26. The van der Waals surface area contributed by atoms with Crippen molar-refractivity contribution in [1.29, 1.82) is 0 Å². The first-order valence-corrected chi connectivity index (χ1v) is 10.3. The van der Waals surface area contributed by atoms with Gasteiger partial charge in [-0.2, -0.15) is 4.98 Å². The third kappa shape index (κ3) is 5.43. The number of carboxylic acid groups (broad SMARTS) is 1. The van der Waals surface area contributed by atoms with E-state index in [1.54, 1.807) is 28.0 Å². The van der Waals surface area contributed by atoms with Crippen molar-refractivity contribution in [2.75, 3.05) is 13.1 Å². The number of rotatable bonds is 6. The van der Waals surface area contributed by atoms with Gasteiger partial charge in [0, 0.05) is 41.0 Å². The number of amides is 2. The molecule has 0 saturated carbocycles. The molecular weight excluding hydrogens is 431 g/mol. The van der Waals surface area contributed by atoms with Crippen LogP contribution < -0.4 is 0 Å². The fraction of sp³-hybridized carbons (Fsp3) is 0.500. The van der Waals surface area contributed by atoms with Gasteiger partial charge in [-0.25, -0.2) is 4.79 Å². The molecule has 1 aromatic carbocycles. The summed E-state index contributed by atoms with van der Waals surface area (Å²) in [7, 11) is 0. The third-order valence-corrected chi connectivity index (χ3v) is 5.37. The number of halogens is 2. The number of carboxylic acids is 1. The van der Waals surface area contributed by atoms with Gasteiger partial charge in [-0.3, -0.25) is 4.79 Å². The van der Waals surface area contributed by atoms with Crippen molar-refractivity contribution in [3.8, 4) is 0 Å². The Labute approximate surface area is 184 Å². The van der Waals surface area contributed by atoms with Crippen molar-refractivity contribution in [2.24, 2.45) is 5.92 Å². The summed E-state index contributed by atoms with van der Waals surface area (Å²) in [4.78, 5) is 31.9. The summed E-state index contributed by atoms with van der Waals surface area (Å²) in [6.45, 7) is 6.88. The Bertz CT molecular complexity index is 941. The van der Waals surface area contributed by atoms with E-state index < -0.39 is 5.97 Å². The maximum atomic E-state index is 13.1. The number of carbonyl (C=O) groups is 2. The Morgan fingerprint density at radius 3 is 2.47 bits per heavy atom. The monoisotopic (exact) mass is 454 g/mol. The van der Waals surface area contributed by atoms with Crippen LogP contribution in [-0.4, -0.2) is 50.1 Å². The van der Waals surface area contributed by atoms with Gasteiger partial charge in [0.05, 0.1) is 13.0 Å². The van der Waals surface area contributed by atoms with Gasteiger partial charge in [-0.1, -0.05) is 55.2 Å². The molecule has 10 heteroatoms. The lowest BCUT2D eigenvalue weighted by molar-refractivity contribution is -0.138. The molecule has 1 aromatic heterocycles. The largest absolute Gasteiger partial charge is 0.481 e. The minimum atomic E-state index is -0.909. The molecule has 3 rings (SSSR count). The molecular formula is C20H24Cl2N4O4. The molecule has 1 fully saturated rings. The van der Waals surface area contributed by atoms with E-state index in [1.165, 1.54) is 0 Å². The molecule has 2 aromatic rings. The molecule has 1 atom stereocenters. The molecule has 1 unspecified atom stereocenters. The predicted octanol–water partition coefficient (Wildman–Crippen LogP) is 4.20. The topological polar surface area (TPSA) is 99.8 Å². The molecule has 1 aliphatic heterocycles. The standard InChI is InChI=1S/C20H24Cl2N4O4/c1-20(2,3)18-23-16(24-30-18)11-26-9-12(6-17(27)28)8-25(19(26)29)10-13-4-5-14(21)7-15(13)22/h4-5,7,12H,6,8-11H2,1-3H3,(H,27,28). The zero-order valence-electron chi connectivity index (χ0n) is 17.1. The van der Waals surface area contributed by atoms with Crippen molar-refractivity contribution in [1.82, 2.24) is 19.9 Å². The summed E-state index contributed by atoms with van der Waals surface area (Å²) in [6.07, 6.45) is -0.0475. The van der Waals surface area contributed by atoms with E-state index in [1.807, 2.05) is 20.8 Å². The molecule has 30 heavy (non-hydrogen) atoms. The normalized spacial score (nSPS) is 17.5. The molecule has 1 N–H and O–H groups in total. The van der Waals surface area contributed by atoms with Gasteiger partial charge in [0.15, 0.2) is 5.82 Å². The van der Waals surface area contributed by atoms with E-state index in [0.29, 0.717) is 34.8 Å². The van der Waals surface area contributed by atoms with Crippen LogP contribution >= 0.6 is 23.2 Å². The summed E-state index contributed by atoms with van der Waals surface area (Å²) >= 11 is 12.2. The van der Waals surface area contributed by atoms with Crippen molar-refractivity contribution in [3.63, 3.8) is 0 Å². The zero-order valence-corrected chi connectivity index (χ0v) is 18.6. The van der Waals surface area contributed by atoms with Crippen LogP contribution in [0.25, 0.3) is 0 Å². The number of aromatic nitrogens is 2. The molecule has 162 valence electrons. The lowest BCUT2D eigenvalue weighted by Gasteiger charge is -2.39. The summed E-state index contributed by atoms with van der Waals surface area (Å²) < 4.78 is 5.31. The first-order valence-electron chi connectivity index (χ1n) is 9.55. The molecule has 1 aliphatic rings. The molecule has 0 bridgehead atoms. The van der Waals surface area contributed by atoms with E-state index in [2.05, 4.69) is 10.1 Å². The van der Waals surface area contributed by atoms with Gasteiger partial charge in [0.25, 0.3) is 0 Å². The van der Waals surface area contributed by atoms with Crippen molar-refractivity contribution in [2.45, 2.75) is 45.7 Å². The van der Waals surface area contributed by atoms with Crippen LogP contribution in [0.4, 0.5) is 4.79 Å². The van der Waals surface area contributed by atoms with Crippen LogP contribution in [0.1, 0.15) is 44.5 Å². The highest BCUT2D eigenvalue weighted by molar-refractivity contribution is 6.35. The predicted molar refractivity (Wildman–Crippen MR) is 111 cm³/mol. The fourth-order valence-electron chi connectivity index (χ4n) is 3.33. The van der Waals surface area contributed by atoms with Crippen LogP contribution in [0, 0.1) is 5.92 Å². The van der Waals surface area contributed by atoms with E-state index in [-0.39, 0.29) is 36.9 Å². The average Bonchev–Trinajstić information content (AvgIpc) is 3.09. The highest BCUT2D eigenvalue weighted by Gasteiger charge is 2.34. The minimum absolute atomic E-state index is 0.0475. The van der Waals surface area contributed by atoms with Crippen molar-refractivity contribution in [3.05, 3.63) is 45.5 Å². The minimum Gasteiger partial charge on any atom is -0.481 e. The lowest BCUT2D eigenvalue weighted by atomic mass is 9.97. The SMILES string of the molecule is CC(C)(C)c1nc(CN2CC(CC(=O)O)CN(Cc3ccc(Cl)cc3Cl)C2=O)no1. The van der Waals surface area contributed by atoms with Crippen LogP contribution in [0.5, 0.6) is 0 Å². The molecule has 2 amide bonds. The number of nitrogens with zero attached hydrogens (tertiary/aromatic N) is 4. The second kappa shape index (κ2) is 8.81. The smallest absolute Gasteiger partial charge is 0.320 e. The third-order valence-electron chi connectivity index (χ3n) is 4.78. The van der Waals surface area contributed by atoms with Crippen LogP contribution in [0.15, 0.2) is 22.7 Å². The number of aliphatic carboxylic acids is 1. The van der Waals surface area contributed by atoms with Gasteiger partial charge in [0.2, 0.25) is 5.89 Å². The van der Waals surface area contributed by atoms with E-state index >= 15 is 0 Å². The Morgan fingerprint density at radius 2 is 1.90 bits per heavy atom. The summed E-state index contributed by atoms with van der Waals surface area (Å²) in [5, 5.41) is 14.2. The number of carbonyl (C=O) groups excluding carboxylic acids is 1. The number of urea groups is 1. The Hall–Kier alpha value is -2.32. The van der Waals surface area contributed by atoms with Gasteiger partial charge in [0.1, 0.15) is 0 Å². The Kier molecular flexibility index (Phi) is 6.57. The molecule has 8 nitrogen and oxygen atoms in total. The highest BCUT2D eigenvalue weighted by atomic mass is 35.5. The van der Waals surface area contributed by atoms with E-state index in [9.17, 15) is 14.7 Å². The van der Waals surface area contributed by atoms with Gasteiger partial charge in [-0.05, 0) is 17.7 Å². The molecule has 0 aliphatic carbocycles. The van der Waals surface area contributed by atoms with Crippen molar-refractivity contribution < 1.29 is 19.2 Å². The summed E-state index contributed by atoms with van der Waals surface area (Å²) in [5.74, 6) is -0.281. The van der Waals surface area contributed by atoms with Crippen LogP contribution in [-0.2, 0) is 23.3 Å². The quantitative estimate of drug-likeness (QED) is 0.701. The molecule has 2 heterocycles. The number of hydrogen-bond acceptors (Lipinski definition) is 5. The second-order valence-electron chi connectivity index (χ2n) is 8.51. The summed E-state index contributed by atoms with van der Waals surface area (Å²) in [6, 6.07) is 4.85. The van der Waals surface area contributed by atoms with Gasteiger partial charge < -0.3 is 19.4 Å². The van der Waals surface area contributed by atoms with Crippen LogP contribution in [0.3, 0.4) is 0 Å². The average molecular weight is 455 g/mol. The van der Waals surface area contributed by atoms with Crippen LogP contribution in [0.2, 0.25) is 10.0 Å². The van der Waals surface area contributed by atoms with E-state index in [4.69, 9.17) is 27.7 Å². The maximum Gasteiger partial charge on any atom is 0.320 e. The molecule has 1 saturated heterocycles. The fourth-order valence-corrected chi connectivity index (χ4v) is 3.79. The number of hydrogen-bond donors (Lipinski definition) is 1. The molecule has 0 spiro atoms. The Morgan fingerprint density at radius 1 is 1.23 bits per heavy atom. The summed E-state index contributed by atoms with van der Waals surface area (Å²) in [5.41, 5.74) is 0.431. The molecule has 0 radical (unpaired) electrons. The van der Waals surface area contributed by atoms with Gasteiger partial charge >= 0.3 is 12.0 Å². The van der Waals surface area contributed by atoms with Crippen molar-refractivity contribution >= 4 is 35.2 Å². The lowest BCUT2D eigenvalue weighted by Crippen LogP contribution is -2.53. The van der Waals surface area contributed by atoms with Gasteiger partial charge in [-0.15, -0.1) is 0 Å². The first kappa shape index (κ1) is 22.4. The van der Waals surface area contributed by atoms with E-state index in [0.717, 1.165) is 5.56 Å². The zero-order chi connectivity index (χ0) is 22.1. The number of benzene rings is 1. The first-order chi connectivity index (χ1) is 14.0. The second-order valence-corrected chi connectivity index (χ2v) is 9.35.